The number of hydrogen-bond acceptors (Lipinski definition) is 3. The molecule has 0 spiro atoms. The number of nitrogens with zero attached hydrogens (tertiary/aromatic N) is 1. The maximum atomic E-state index is 13.5. The van der Waals surface area contributed by atoms with E-state index >= 15 is 0 Å². The van der Waals surface area contributed by atoms with Crippen LogP contribution in [0.4, 0.5) is 0 Å². The molecule has 0 aromatic heterocycles. The minimum absolute atomic E-state index is 0.291. The number of para-hydroxylation sites is 1. The van der Waals surface area contributed by atoms with Crippen LogP contribution in [0.1, 0.15) is 23.1 Å². The largest absolute Gasteiger partial charge is 0.496 e. The first-order valence-corrected chi connectivity index (χ1v) is 11.6. The highest BCUT2D eigenvalue weighted by Crippen LogP contribution is 2.35. The van der Waals surface area contributed by atoms with Gasteiger partial charge < -0.3 is 4.74 Å². The normalized spacial score (nSPS) is 16.5. The molecule has 0 aliphatic carbocycles. The van der Waals surface area contributed by atoms with Crippen molar-refractivity contribution in [2.75, 3.05) is 7.11 Å². The zero-order valence-corrected chi connectivity index (χ0v) is 18.4. The molecule has 1 aliphatic rings. The van der Waals surface area contributed by atoms with E-state index in [0.29, 0.717) is 11.3 Å². The van der Waals surface area contributed by atoms with E-state index < -0.39 is 10.0 Å². The van der Waals surface area contributed by atoms with Gasteiger partial charge in [0.1, 0.15) is 5.75 Å². The smallest absolute Gasteiger partial charge is 0.264 e. The number of aryl methyl sites for hydroxylation is 1. The summed E-state index contributed by atoms with van der Waals surface area (Å²) in [5.74, 6) is 0.751. The van der Waals surface area contributed by atoms with E-state index in [1.807, 2.05) is 85.8 Å². The summed E-state index contributed by atoms with van der Waals surface area (Å²) in [5, 5.41) is 0. The first kappa shape index (κ1) is 20.9. The minimum atomic E-state index is -3.69. The fourth-order valence-electron chi connectivity index (χ4n) is 3.71. The molecule has 1 atom stereocenters. The Morgan fingerprint density at radius 3 is 2.32 bits per heavy atom. The molecule has 3 aromatic carbocycles. The molecular weight excluding hydrogens is 406 g/mol. The topological polar surface area (TPSA) is 46.6 Å². The van der Waals surface area contributed by atoms with E-state index in [4.69, 9.17) is 4.74 Å². The van der Waals surface area contributed by atoms with E-state index in [0.717, 1.165) is 28.0 Å². The molecule has 158 valence electrons. The van der Waals surface area contributed by atoms with Crippen molar-refractivity contribution in [3.05, 3.63) is 108 Å². The lowest BCUT2D eigenvalue weighted by molar-refractivity contribution is 0.414. The predicted octanol–water partition coefficient (Wildman–Crippen LogP) is 5.52. The van der Waals surface area contributed by atoms with E-state index in [1.54, 1.807) is 25.4 Å². The maximum Gasteiger partial charge on any atom is 0.264 e. The van der Waals surface area contributed by atoms with Gasteiger partial charge in [-0.25, -0.2) is 8.42 Å². The average molecular weight is 432 g/mol. The van der Waals surface area contributed by atoms with Crippen molar-refractivity contribution in [2.24, 2.45) is 0 Å². The molecule has 0 fully saturated rings. The van der Waals surface area contributed by atoms with Crippen LogP contribution < -0.4 is 4.74 Å². The molecule has 5 heteroatoms. The predicted molar refractivity (Wildman–Crippen MR) is 125 cm³/mol. The summed E-state index contributed by atoms with van der Waals surface area (Å²) < 4.78 is 33.9. The van der Waals surface area contributed by atoms with Crippen molar-refractivity contribution in [1.82, 2.24) is 4.31 Å². The highest BCUT2D eigenvalue weighted by atomic mass is 32.2. The Balaban J connectivity index is 1.72. The monoisotopic (exact) mass is 431 g/mol. The molecule has 0 bridgehead atoms. The second kappa shape index (κ2) is 8.82. The van der Waals surface area contributed by atoms with Crippen LogP contribution in [0, 0.1) is 6.92 Å². The summed E-state index contributed by atoms with van der Waals surface area (Å²) in [7, 11) is -2.06. The van der Waals surface area contributed by atoms with Gasteiger partial charge in [0, 0.05) is 11.8 Å². The summed E-state index contributed by atoms with van der Waals surface area (Å²) in [6.45, 7) is 1.94. The summed E-state index contributed by atoms with van der Waals surface area (Å²) in [6, 6.07) is 24.3. The van der Waals surface area contributed by atoms with Gasteiger partial charge >= 0.3 is 0 Å². The molecule has 0 radical (unpaired) electrons. The second-order valence-corrected chi connectivity index (χ2v) is 9.38. The summed E-state index contributed by atoms with van der Waals surface area (Å²) >= 11 is 0. The van der Waals surface area contributed by atoms with Gasteiger partial charge in [-0.05, 0) is 42.7 Å². The van der Waals surface area contributed by atoms with Crippen molar-refractivity contribution >= 4 is 21.7 Å². The molecule has 4 rings (SSSR count). The van der Waals surface area contributed by atoms with Crippen LogP contribution in [0.25, 0.3) is 11.6 Å². The van der Waals surface area contributed by atoms with Gasteiger partial charge in [-0.15, -0.1) is 0 Å². The highest BCUT2D eigenvalue weighted by Gasteiger charge is 2.33. The van der Waals surface area contributed by atoms with Crippen LogP contribution >= 0.6 is 0 Å². The van der Waals surface area contributed by atoms with Crippen molar-refractivity contribution in [3.63, 3.8) is 0 Å². The van der Waals surface area contributed by atoms with Crippen molar-refractivity contribution in [2.45, 2.75) is 24.3 Å². The molecule has 31 heavy (non-hydrogen) atoms. The molecule has 0 N–H and O–H groups in total. The van der Waals surface area contributed by atoms with Crippen LogP contribution in [0.3, 0.4) is 0 Å². The summed E-state index contributed by atoms with van der Waals surface area (Å²) in [6.07, 6.45) is 6.24. The number of ether oxygens (including phenoxy) is 1. The molecule has 1 heterocycles. The first-order valence-electron chi connectivity index (χ1n) is 10.2. The molecule has 3 aromatic rings. The lowest BCUT2D eigenvalue weighted by Gasteiger charge is -2.23. The number of methoxy groups -OCH3 is 1. The molecular formula is C26H25NO3S. The number of benzene rings is 3. The Morgan fingerprint density at radius 2 is 1.61 bits per heavy atom. The molecule has 1 unspecified atom stereocenters. The summed E-state index contributed by atoms with van der Waals surface area (Å²) in [5.41, 5.74) is 3.95. The van der Waals surface area contributed by atoms with E-state index in [2.05, 4.69) is 0 Å². The third-order valence-corrected chi connectivity index (χ3v) is 7.22. The van der Waals surface area contributed by atoms with Gasteiger partial charge in [0.2, 0.25) is 0 Å². The number of rotatable bonds is 6. The Kier molecular flexibility index (Phi) is 5.96. The Hall–Kier alpha value is -3.31. The third kappa shape index (κ3) is 4.42. The Labute approximate surface area is 184 Å². The van der Waals surface area contributed by atoms with Crippen molar-refractivity contribution in [1.29, 1.82) is 0 Å². The van der Waals surface area contributed by atoms with Gasteiger partial charge in [-0.1, -0.05) is 78.4 Å². The van der Waals surface area contributed by atoms with Crippen LogP contribution in [0.15, 0.2) is 96.0 Å². The van der Waals surface area contributed by atoms with Gasteiger partial charge in [0.05, 0.1) is 18.0 Å². The molecule has 1 aliphatic heterocycles. The quantitative estimate of drug-likeness (QED) is 0.516. The van der Waals surface area contributed by atoms with E-state index in [-0.39, 0.29) is 6.04 Å². The SMILES string of the molecule is COc1ccccc1/C=C/C1CC(c2ccccc2)=CN1S(=O)(=O)c1ccc(C)cc1. The lowest BCUT2D eigenvalue weighted by Crippen LogP contribution is -2.31. The Bertz CT molecular complexity index is 1210. The third-order valence-electron chi connectivity index (χ3n) is 5.42. The zero-order valence-electron chi connectivity index (χ0n) is 17.6. The number of hydrogen-bond donors (Lipinski definition) is 0. The van der Waals surface area contributed by atoms with Crippen LogP contribution in [0.2, 0.25) is 0 Å². The summed E-state index contributed by atoms with van der Waals surface area (Å²) in [4.78, 5) is 0.291. The van der Waals surface area contributed by atoms with Crippen LogP contribution in [-0.2, 0) is 10.0 Å². The van der Waals surface area contributed by atoms with Gasteiger partial charge in [-0.3, -0.25) is 4.31 Å². The van der Waals surface area contributed by atoms with Crippen molar-refractivity contribution in [3.8, 4) is 5.75 Å². The minimum Gasteiger partial charge on any atom is -0.496 e. The van der Waals surface area contributed by atoms with Gasteiger partial charge in [0.15, 0.2) is 0 Å². The van der Waals surface area contributed by atoms with Crippen LogP contribution in [0.5, 0.6) is 5.75 Å². The highest BCUT2D eigenvalue weighted by molar-refractivity contribution is 7.89. The molecule has 4 nitrogen and oxygen atoms in total. The lowest BCUT2D eigenvalue weighted by atomic mass is 10.0. The van der Waals surface area contributed by atoms with E-state index in [9.17, 15) is 8.42 Å². The zero-order chi connectivity index (χ0) is 21.8. The van der Waals surface area contributed by atoms with Crippen molar-refractivity contribution < 1.29 is 13.2 Å². The van der Waals surface area contributed by atoms with Crippen LogP contribution in [-0.4, -0.2) is 25.9 Å². The van der Waals surface area contributed by atoms with Gasteiger partial charge in [-0.2, -0.15) is 0 Å². The Morgan fingerprint density at radius 1 is 0.935 bits per heavy atom. The standard InChI is InChI=1S/C26H25NO3S/c1-20-12-16-25(17-13-20)31(28,29)27-19-23(21-8-4-3-5-9-21)18-24(27)15-14-22-10-6-7-11-26(22)30-2/h3-17,19,24H,18H2,1-2H3/b15-14+. The second-order valence-electron chi connectivity index (χ2n) is 7.54. The fourth-order valence-corrected chi connectivity index (χ4v) is 5.20. The molecule has 0 amide bonds. The maximum absolute atomic E-state index is 13.5. The van der Waals surface area contributed by atoms with E-state index in [1.165, 1.54) is 4.31 Å². The fraction of sp³-hybridized carbons (Fsp3) is 0.154. The molecule has 0 saturated carbocycles. The first-order chi connectivity index (χ1) is 15.0. The van der Waals surface area contributed by atoms with Gasteiger partial charge in [0.25, 0.3) is 10.0 Å². The average Bonchev–Trinajstić information content (AvgIpc) is 3.24. The number of sulfonamides is 1. The molecule has 0 saturated heterocycles.